The second-order valence-corrected chi connectivity index (χ2v) is 4.99. The first-order chi connectivity index (χ1) is 10.0. The lowest BCUT2D eigenvalue weighted by Gasteiger charge is -2.23. The molecule has 0 bridgehead atoms. The van der Waals surface area contributed by atoms with Crippen LogP contribution in [-0.2, 0) is 0 Å². The van der Waals surface area contributed by atoms with E-state index >= 15 is 0 Å². The van der Waals surface area contributed by atoms with Crippen LogP contribution in [0.15, 0.2) is 42.5 Å². The zero-order valence-corrected chi connectivity index (χ0v) is 12.4. The van der Waals surface area contributed by atoms with Crippen molar-refractivity contribution in [3.05, 3.63) is 65.2 Å². The highest BCUT2D eigenvalue weighted by Gasteiger charge is 2.19. The molecule has 1 unspecified atom stereocenters. The third-order valence-electron chi connectivity index (χ3n) is 3.54. The lowest BCUT2D eigenvalue weighted by Crippen LogP contribution is -2.24. The minimum absolute atomic E-state index is 0.0549. The number of rotatable bonds is 5. The van der Waals surface area contributed by atoms with Crippen molar-refractivity contribution in [1.29, 1.82) is 0 Å². The molecule has 2 nitrogen and oxygen atoms in total. The molecule has 2 aromatic rings. The molecule has 2 aromatic carbocycles. The number of benzene rings is 2. The van der Waals surface area contributed by atoms with Crippen LogP contribution >= 0.6 is 0 Å². The van der Waals surface area contributed by atoms with E-state index in [4.69, 9.17) is 4.74 Å². The van der Waals surface area contributed by atoms with Crippen LogP contribution in [0, 0.1) is 11.6 Å². The van der Waals surface area contributed by atoms with E-state index in [2.05, 4.69) is 5.32 Å². The SMILES string of the molecule is COc1ccccc1[C@@H](C)NC(C)c1c(F)cccc1F. The Morgan fingerprint density at radius 3 is 2.14 bits per heavy atom. The summed E-state index contributed by atoms with van der Waals surface area (Å²) < 4.78 is 32.9. The van der Waals surface area contributed by atoms with E-state index in [0.29, 0.717) is 0 Å². The van der Waals surface area contributed by atoms with E-state index in [1.165, 1.54) is 18.2 Å². The number of nitrogens with one attached hydrogen (secondary N) is 1. The quantitative estimate of drug-likeness (QED) is 0.882. The fraction of sp³-hybridized carbons (Fsp3) is 0.294. The first kappa shape index (κ1) is 15.4. The molecule has 2 rings (SSSR count). The molecule has 0 saturated heterocycles. The maximum absolute atomic E-state index is 13.8. The second kappa shape index (κ2) is 6.68. The van der Waals surface area contributed by atoms with Crippen LogP contribution in [0.4, 0.5) is 8.78 Å². The van der Waals surface area contributed by atoms with Gasteiger partial charge in [0, 0.05) is 23.2 Å². The van der Waals surface area contributed by atoms with Gasteiger partial charge in [0.15, 0.2) is 0 Å². The zero-order chi connectivity index (χ0) is 15.4. The van der Waals surface area contributed by atoms with Gasteiger partial charge in [-0.05, 0) is 32.0 Å². The highest BCUT2D eigenvalue weighted by Crippen LogP contribution is 2.28. The van der Waals surface area contributed by atoms with Gasteiger partial charge >= 0.3 is 0 Å². The Labute approximate surface area is 123 Å². The molecule has 0 aliphatic heterocycles. The summed E-state index contributed by atoms with van der Waals surface area (Å²) in [5, 5.41) is 3.21. The minimum atomic E-state index is -0.540. The monoisotopic (exact) mass is 291 g/mol. The first-order valence-corrected chi connectivity index (χ1v) is 6.87. The Hall–Kier alpha value is -1.94. The van der Waals surface area contributed by atoms with Crippen LogP contribution in [0.5, 0.6) is 5.75 Å². The van der Waals surface area contributed by atoms with Gasteiger partial charge in [0.25, 0.3) is 0 Å². The molecular formula is C17H19F2NO. The first-order valence-electron chi connectivity index (χ1n) is 6.87. The summed E-state index contributed by atoms with van der Waals surface area (Å²) in [4.78, 5) is 0. The summed E-state index contributed by atoms with van der Waals surface area (Å²) in [6.45, 7) is 3.68. The Bertz CT molecular complexity index is 595. The van der Waals surface area contributed by atoms with Crippen molar-refractivity contribution in [3.8, 4) is 5.75 Å². The molecule has 0 saturated carbocycles. The van der Waals surface area contributed by atoms with E-state index in [1.54, 1.807) is 14.0 Å². The van der Waals surface area contributed by atoms with Gasteiger partial charge in [-0.2, -0.15) is 0 Å². The molecule has 0 aromatic heterocycles. The van der Waals surface area contributed by atoms with E-state index in [-0.39, 0.29) is 11.6 Å². The smallest absolute Gasteiger partial charge is 0.130 e. The number of para-hydroxylation sites is 1. The highest BCUT2D eigenvalue weighted by molar-refractivity contribution is 5.36. The van der Waals surface area contributed by atoms with Gasteiger partial charge in [0.1, 0.15) is 17.4 Å². The van der Waals surface area contributed by atoms with E-state index in [1.807, 2.05) is 31.2 Å². The average molecular weight is 291 g/mol. The second-order valence-electron chi connectivity index (χ2n) is 4.99. The third kappa shape index (κ3) is 3.39. The van der Waals surface area contributed by atoms with Gasteiger partial charge in [-0.15, -0.1) is 0 Å². The number of ether oxygens (including phenoxy) is 1. The molecule has 2 atom stereocenters. The third-order valence-corrected chi connectivity index (χ3v) is 3.54. The summed E-state index contributed by atoms with van der Waals surface area (Å²) in [7, 11) is 1.60. The van der Waals surface area contributed by atoms with Gasteiger partial charge in [-0.1, -0.05) is 24.3 Å². The number of methoxy groups -OCH3 is 1. The van der Waals surface area contributed by atoms with Crippen molar-refractivity contribution >= 4 is 0 Å². The van der Waals surface area contributed by atoms with Gasteiger partial charge in [-0.3, -0.25) is 0 Å². The van der Waals surface area contributed by atoms with Gasteiger partial charge in [0.05, 0.1) is 7.11 Å². The van der Waals surface area contributed by atoms with Crippen molar-refractivity contribution in [2.24, 2.45) is 0 Å². The van der Waals surface area contributed by atoms with Crippen LogP contribution in [0.1, 0.15) is 37.1 Å². The number of halogens is 2. The van der Waals surface area contributed by atoms with Crippen LogP contribution in [0.2, 0.25) is 0 Å². The predicted molar refractivity (Wildman–Crippen MR) is 79.3 cm³/mol. The average Bonchev–Trinajstić information content (AvgIpc) is 2.46. The van der Waals surface area contributed by atoms with E-state index < -0.39 is 17.7 Å². The lowest BCUT2D eigenvalue weighted by molar-refractivity contribution is 0.393. The topological polar surface area (TPSA) is 21.3 Å². The van der Waals surface area contributed by atoms with Crippen molar-refractivity contribution < 1.29 is 13.5 Å². The maximum Gasteiger partial charge on any atom is 0.130 e. The van der Waals surface area contributed by atoms with Gasteiger partial charge in [-0.25, -0.2) is 8.78 Å². The molecule has 0 fully saturated rings. The van der Waals surface area contributed by atoms with Gasteiger partial charge in [0.2, 0.25) is 0 Å². The Morgan fingerprint density at radius 2 is 1.52 bits per heavy atom. The summed E-state index contributed by atoms with van der Waals surface area (Å²) >= 11 is 0. The van der Waals surface area contributed by atoms with Crippen LogP contribution in [0.25, 0.3) is 0 Å². The molecule has 0 radical (unpaired) electrons. The van der Waals surface area contributed by atoms with E-state index in [0.717, 1.165) is 11.3 Å². The molecule has 0 heterocycles. The summed E-state index contributed by atoms with van der Waals surface area (Å²) in [6.07, 6.45) is 0. The van der Waals surface area contributed by atoms with Crippen molar-refractivity contribution in [1.82, 2.24) is 5.32 Å². The highest BCUT2D eigenvalue weighted by atomic mass is 19.1. The number of hydrogen-bond donors (Lipinski definition) is 1. The molecular weight excluding hydrogens is 272 g/mol. The van der Waals surface area contributed by atoms with Crippen LogP contribution < -0.4 is 10.1 Å². The molecule has 1 N–H and O–H groups in total. The Balaban J connectivity index is 2.21. The van der Waals surface area contributed by atoms with Crippen LogP contribution in [0.3, 0.4) is 0 Å². The molecule has 0 aliphatic rings. The summed E-state index contributed by atoms with van der Waals surface area (Å²) in [6, 6.07) is 10.9. The fourth-order valence-corrected chi connectivity index (χ4v) is 2.50. The molecule has 21 heavy (non-hydrogen) atoms. The molecule has 0 spiro atoms. The normalized spacial score (nSPS) is 13.8. The Kier molecular flexibility index (Phi) is 4.91. The zero-order valence-electron chi connectivity index (χ0n) is 12.4. The lowest BCUT2D eigenvalue weighted by atomic mass is 10.0. The van der Waals surface area contributed by atoms with Crippen LogP contribution in [-0.4, -0.2) is 7.11 Å². The standard InChI is InChI=1S/C17H19F2NO/c1-11(13-7-4-5-10-16(13)21-3)20-12(2)17-14(18)8-6-9-15(17)19/h4-12,20H,1-3H3/t11-,12?/m1/s1. The molecule has 0 aliphatic carbocycles. The number of hydrogen-bond acceptors (Lipinski definition) is 2. The summed E-state index contributed by atoms with van der Waals surface area (Å²) in [5.41, 5.74) is 1.00. The fourth-order valence-electron chi connectivity index (χ4n) is 2.50. The Morgan fingerprint density at radius 1 is 0.905 bits per heavy atom. The van der Waals surface area contributed by atoms with Crippen molar-refractivity contribution in [2.75, 3.05) is 7.11 Å². The van der Waals surface area contributed by atoms with Crippen molar-refractivity contribution in [3.63, 3.8) is 0 Å². The molecule has 112 valence electrons. The molecule has 4 heteroatoms. The molecule has 0 amide bonds. The van der Waals surface area contributed by atoms with Gasteiger partial charge < -0.3 is 10.1 Å². The largest absolute Gasteiger partial charge is 0.496 e. The summed E-state index contributed by atoms with van der Waals surface area (Å²) in [5.74, 6) is -0.330. The maximum atomic E-state index is 13.8. The van der Waals surface area contributed by atoms with Crippen molar-refractivity contribution in [2.45, 2.75) is 25.9 Å². The minimum Gasteiger partial charge on any atom is -0.496 e. The van der Waals surface area contributed by atoms with E-state index in [9.17, 15) is 8.78 Å². The predicted octanol–water partition coefficient (Wildman–Crippen LogP) is 4.39.